The minimum absolute atomic E-state index is 0. The van der Waals surface area contributed by atoms with Crippen LogP contribution >= 0.6 is 0 Å². The predicted molar refractivity (Wildman–Crippen MR) is 9.94 cm³/mol. The Morgan fingerprint density at radius 1 is 1.00 bits per heavy atom. The molecular weight excluding hydrogens is 539 g/mol. The van der Waals surface area contributed by atoms with Crippen LogP contribution in [0.4, 0.5) is 0 Å². The van der Waals surface area contributed by atoms with Gasteiger partial charge in [0, 0.05) is 78.9 Å². The topological polar surface area (TPSA) is 0 Å². The van der Waals surface area contributed by atoms with Crippen molar-refractivity contribution < 1.29 is 78.9 Å². The van der Waals surface area contributed by atoms with Gasteiger partial charge in [0.15, 0.2) is 0 Å². The molecule has 5 heteroatoms. The molecule has 0 nitrogen and oxygen atoms in total. The average Bonchev–Trinajstić information content (AvgIpc) is 0. The van der Waals surface area contributed by atoms with Gasteiger partial charge in [-0.15, -0.1) is 0 Å². The molecule has 0 aromatic carbocycles. The zero-order chi connectivity index (χ0) is 0. The Morgan fingerprint density at radius 3 is 1.00 bits per heavy atom. The van der Waals surface area contributed by atoms with Crippen LogP contribution in [0.5, 0.6) is 0 Å². The van der Waals surface area contributed by atoms with Gasteiger partial charge in [0.25, 0.3) is 0 Å². The van der Waals surface area contributed by atoms with E-state index in [-0.39, 0.29) is 105 Å². The summed E-state index contributed by atoms with van der Waals surface area (Å²) in [5.74, 6) is 0. The summed E-state index contributed by atoms with van der Waals surface area (Å²) in [4.78, 5) is 0. The van der Waals surface area contributed by atoms with E-state index in [9.17, 15) is 0 Å². The van der Waals surface area contributed by atoms with Crippen LogP contribution in [0.2, 0.25) is 0 Å². The third kappa shape index (κ3) is 18.7. The number of rotatable bonds is 0. The minimum atomic E-state index is 0. The zero-order valence-electron chi connectivity index (χ0n) is 1.26. The van der Waals surface area contributed by atoms with E-state index in [1.165, 1.54) is 0 Å². The molecule has 0 aromatic rings. The van der Waals surface area contributed by atoms with Crippen molar-refractivity contribution in [1.82, 2.24) is 0 Å². The first-order valence-electron chi connectivity index (χ1n) is 0. The normalized spacial score (nSPS) is 0. The number of hydrogen-bond donors (Lipinski definition) is 0. The Morgan fingerprint density at radius 2 is 1.00 bits per heavy atom. The van der Waals surface area contributed by atoms with Crippen molar-refractivity contribution in [3.63, 3.8) is 0 Å². The van der Waals surface area contributed by atoms with Crippen molar-refractivity contribution in [1.29, 1.82) is 0 Å². The molecule has 0 N–H and O–H groups in total. The van der Waals surface area contributed by atoms with Crippen LogP contribution in [0, 0.1) is 0 Å². The molecule has 0 fully saturated rings. The second-order valence-corrected chi connectivity index (χ2v) is 0. The first-order valence-corrected chi connectivity index (χ1v) is 0. The summed E-state index contributed by atoms with van der Waals surface area (Å²) in [6.45, 7) is 0. The maximum atomic E-state index is 0. The van der Waals surface area contributed by atoms with E-state index in [1.807, 2.05) is 0 Å². The molecule has 0 spiro atoms. The SMILES string of the molecule is [Ag].[Au].[Cu].[Fe].[InH3]. The van der Waals surface area contributed by atoms with Crippen LogP contribution in [0.15, 0.2) is 0 Å². The number of hydrogen-bond acceptors (Lipinski definition) is 0. The fourth-order valence-corrected chi connectivity index (χ4v) is 0. The monoisotopic (exact) mass is 541 g/mol. The average molecular weight is 542 g/mol. The van der Waals surface area contributed by atoms with Gasteiger partial charge in [-0.05, 0) is 0 Å². The molecule has 0 heterocycles. The van der Waals surface area contributed by atoms with E-state index in [0.29, 0.717) is 0 Å². The van der Waals surface area contributed by atoms with Gasteiger partial charge in [-0.3, -0.25) is 0 Å². The molecule has 0 saturated carbocycles. The van der Waals surface area contributed by atoms with E-state index < -0.39 is 0 Å². The van der Waals surface area contributed by atoms with E-state index in [1.54, 1.807) is 0 Å². The molecule has 0 rings (SSSR count). The van der Waals surface area contributed by atoms with Crippen LogP contribution in [-0.4, -0.2) is 25.8 Å². The fraction of sp³-hybridized carbons (Fsp3) is 0. The summed E-state index contributed by atoms with van der Waals surface area (Å²) in [6.07, 6.45) is 0. The van der Waals surface area contributed by atoms with E-state index in [2.05, 4.69) is 0 Å². The second-order valence-electron chi connectivity index (χ2n) is 0. The summed E-state index contributed by atoms with van der Waals surface area (Å²) >= 11 is 0. The summed E-state index contributed by atoms with van der Waals surface area (Å²) in [5.41, 5.74) is 0. The molecule has 0 unspecified atom stereocenters. The Kier molecular flexibility index (Phi) is 209. The zero-order valence-corrected chi connectivity index (χ0v) is 6.95. The van der Waals surface area contributed by atoms with Gasteiger partial charge < -0.3 is 0 Å². The first kappa shape index (κ1) is 39.9. The Hall–Kier alpha value is 3.39. The summed E-state index contributed by atoms with van der Waals surface area (Å²) in [5, 5.41) is 0. The van der Waals surface area contributed by atoms with Crippen molar-refractivity contribution in [2.45, 2.75) is 0 Å². The van der Waals surface area contributed by atoms with Crippen molar-refractivity contribution in [3.8, 4) is 0 Å². The standard InChI is InChI=1S/Ag.Au.Cu.Fe.In.3H. The molecule has 5 heavy (non-hydrogen) atoms. The second kappa shape index (κ2) is 26.3. The van der Waals surface area contributed by atoms with Gasteiger partial charge >= 0.3 is 25.8 Å². The first-order chi connectivity index (χ1) is 0. The third-order valence-corrected chi connectivity index (χ3v) is 0. The van der Waals surface area contributed by atoms with Gasteiger partial charge in [0.05, 0.1) is 0 Å². The van der Waals surface area contributed by atoms with Gasteiger partial charge in [-0.25, -0.2) is 0 Å². The third-order valence-electron chi connectivity index (χ3n) is 0. The quantitative estimate of drug-likeness (QED) is 0.338. The molecular formula is H3AgAuCuFeIn. The van der Waals surface area contributed by atoms with Crippen molar-refractivity contribution in [3.05, 3.63) is 0 Å². The molecule has 47 valence electrons. The molecule has 0 bridgehead atoms. The van der Waals surface area contributed by atoms with Gasteiger partial charge in [0.2, 0.25) is 0 Å². The van der Waals surface area contributed by atoms with E-state index >= 15 is 0 Å². The van der Waals surface area contributed by atoms with Crippen molar-refractivity contribution >= 4 is 25.8 Å². The van der Waals surface area contributed by atoms with E-state index in [0.717, 1.165) is 0 Å². The molecule has 0 atom stereocenters. The molecule has 0 saturated heterocycles. The van der Waals surface area contributed by atoms with Gasteiger partial charge in [-0.1, -0.05) is 0 Å². The Balaban J connectivity index is 0. The molecule has 3 radical (unpaired) electrons. The van der Waals surface area contributed by atoms with Crippen molar-refractivity contribution in [2.75, 3.05) is 0 Å². The summed E-state index contributed by atoms with van der Waals surface area (Å²) < 4.78 is 0. The van der Waals surface area contributed by atoms with Crippen LogP contribution in [-0.2, 0) is 78.9 Å². The maximum absolute atomic E-state index is 0. The van der Waals surface area contributed by atoms with Crippen LogP contribution in [0.25, 0.3) is 0 Å². The molecule has 0 aliphatic carbocycles. The molecule has 0 aliphatic heterocycles. The van der Waals surface area contributed by atoms with Crippen LogP contribution < -0.4 is 0 Å². The van der Waals surface area contributed by atoms with Crippen molar-refractivity contribution in [2.24, 2.45) is 0 Å². The predicted octanol–water partition coefficient (Wildman–Crippen LogP) is -1.19. The summed E-state index contributed by atoms with van der Waals surface area (Å²) in [7, 11) is 0. The molecule has 0 amide bonds. The molecule has 0 aromatic heterocycles. The molecule has 0 aliphatic rings. The van der Waals surface area contributed by atoms with Crippen LogP contribution in [0.3, 0.4) is 0 Å². The van der Waals surface area contributed by atoms with Crippen LogP contribution in [0.1, 0.15) is 0 Å². The Bertz CT molecular complexity index is 11.6. The van der Waals surface area contributed by atoms with Gasteiger partial charge in [-0.2, -0.15) is 0 Å². The van der Waals surface area contributed by atoms with Gasteiger partial charge in [0.1, 0.15) is 0 Å². The fourth-order valence-electron chi connectivity index (χ4n) is 0. The van der Waals surface area contributed by atoms with E-state index in [4.69, 9.17) is 0 Å². The Labute approximate surface area is 103 Å². The summed E-state index contributed by atoms with van der Waals surface area (Å²) in [6, 6.07) is 0.